The molecular weight excluding hydrogens is 1030 g/mol. The molecule has 0 saturated carbocycles. The van der Waals surface area contributed by atoms with Gasteiger partial charge in [-0.1, -0.05) is 237 Å². The molecule has 380 valence electrons. The lowest BCUT2D eigenvalue weighted by atomic mass is 9.74. The van der Waals surface area contributed by atoms with Crippen LogP contribution < -0.4 is 10.7 Å². The Balaban J connectivity index is 1.15. The number of para-hydroxylation sites is 1. The lowest BCUT2D eigenvalue weighted by molar-refractivity contribution is 1.36. The molecule has 0 saturated heterocycles. The van der Waals surface area contributed by atoms with E-state index in [1.165, 1.54) is 68.2 Å². The summed E-state index contributed by atoms with van der Waals surface area (Å²) in [6.07, 6.45) is 0. The molecule has 0 amide bonds. The first-order valence-corrected chi connectivity index (χ1v) is 29.6. The number of nitrogens with zero attached hydrogens (tertiary/aromatic N) is 2. The lowest BCUT2D eigenvalue weighted by Gasteiger charge is -2.28. The third kappa shape index (κ3) is 7.12. The zero-order valence-corrected chi connectivity index (χ0v) is 45.9. The molecule has 0 radical (unpaired) electrons. The van der Waals surface area contributed by atoms with Crippen LogP contribution in [0.25, 0.3) is 140 Å². The van der Waals surface area contributed by atoms with Gasteiger partial charge in [-0.2, -0.15) is 0 Å². The van der Waals surface area contributed by atoms with Gasteiger partial charge in [0.15, 0.2) is 0 Å². The van der Waals surface area contributed by atoms with E-state index < -0.39 is 0 Å². The number of thiophene rings is 2. The minimum absolute atomic E-state index is 0.919. The Kier molecular flexibility index (Phi) is 10.7. The van der Waals surface area contributed by atoms with Crippen LogP contribution in [0.5, 0.6) is 0 Å². The molecule has 82 heavy (non-hydrogen) atoms. The Morgan fingerprint density at radius 3 is 1.16 bits per heavy atom. The molecule has 0 fully saturated rings. The highest BCUT2D eigenvalue weighted by Gasteiger charge is 2.36. The van der Waals surface area contributed by atoms with E-state index in [-0.39, 0.29) is 0 Å². The molecule has 2 aromatic heterocycles. The van der Waals surface area contributed by atoms with Gasteiger partial charge in [0.2, 0.25) is 0 Å². The lowest BCUT2D eigenvalue weighted by Crippen LogP contribution is -2.03. The molecular formula is C78H46N2S2. The zero-order valence-electron chi connectivity index (χ0n) is 44.3. The van der Waals surface area contributed by atoms with Gasteiger partial charge in [-0.3, -0.25) is 0 Å². The van der Waals surface area contributed by atoms with Crippen molar-refractivity contribution in [3.05, 3.63) is 300 Å². The van der Waals surface area contributed by atoms with Crippen LogP contribution in [0.15, 0.2) is 289 Å². The van der Waals surface area contributed by atoms with Gasteiger partial charge in [-0.25, -0.2) is 9.98 Å². The highest BCUT2D eigenvalue weighted by molar-refractivity contribution is 7.26. The number of benzene rings is 13. The van der Waals surface area contributed by atoms with Crippen LogP contribution in [0.4, 0.5) is 11.4 Å². The van der Waals surface area contributed by atoms with Crippen molar-refractivity contribution in [2.24, 2.45) is 9.98 Å². The summed E-state index contributed by atoms with van der Waals surface area (Å²) in [6.45, 7) is 0. The summed E-state index contributed by atoms with van der Waals surface area (Å²) in [5.74, 6) is 0. The van der Waals surface area contributed by atoms with Gasteiger partial charge in [-0.05, 0) is 115 Å². The van der Waals surface area contributed by atoms with Gasteiger partial charge in [-0.15, -0.1) is 22.7 Å². The summed E-state index contributed by atoms with van der Waals surface area (Å²) in [4.78, 5) is 11.7. The van der Waals surface area contributed by atoms with Crippen molar-refractivity contribution in [1.29, 1.82) is 0 Å². The summed E-state index contributed by atoms with van der Waals surface area (Å²) in [6, 6.07) is 103. The van der Waals surface area contributed by atoms with Crippen LogP contribution in [0.2, 0.25) is 0 Å². The second-order valence-corrected chi connectivity index (χ2v) is 23.5. The topological polar surface area (TPSA) is 24.7 Å². The summed E-state index contributed by atoms with van der Waals surface area (Å²) in [5, 5.41) is 9.12. The number of hydrogen-bond donors (Lipinski definition) is 0. The molecule has 0 bridgehead atoms. The Labute approximate surface area is 481 Å². The largest absolute Gasteiger partial charge is 0.247 e. The Morgan fingerprint density at radius 2 is 0.598 bits per heavy atom. The Hall–Kier alpha value is -10.1. The fourth-order valence-corrected chi connectivity index (χ4v) is 15.7. The predicted octanol–water partition coefficient (Wildman–Crippen LogP) is 21.2. The second kappa shape index (κ2) is 18.8. The van der Waals surface area contributed by atoms with Gasteiger partial charge in [0.05, 0.1) is 22.1 Å². The molecule has 17 rings (SSSR count). The molecule has 0 atom stereocenters. The maximum absolute atomic E-state index is 6.09. The molecule has 2 nitrogen and oxygen atoms in total. The highest BCUT2D eigenvalue weighted by atomic mass is 32.1. The van der Waals surface area contributed by atoms with Crippen LogP contribution in [-0.2, 0) is 0 Å². The van der Waals surface area contributed by atoms with Crippen LogP contribution in [0, 0.1) is 10.4 Å². The first kappa shape index (κ1) is 46.8. The van der Waals surface area contributed by atoms with Gasteiger partial charge in [0.1, 0.15) is 0 Å². The van der Waals surface area contributed by atoms with Crippen LogP contribution in [-0.4, -0.2) is 0 Å². The predicted molar refractivity (Wildman–Crippen MR) is 347 cm³/mol. The number of rotatable bonds is 8. The minimum Gasteiger partial charge on any atom is -0.247 e. The fraction of sp³-hybridized carbons (Fsp3) is 0. The van der Waals surface area contributed by atoms with E-state index in [0.29, 0.717) is 0 Å². The van der Waals surface area contributed by atoms with Gasteiger partial charge >= 0.3 is 0 Å². The number of hydrogen-bond acceptors (Lipinski definition) is 4. The summed E-state index contributed by atoms with van der Waals surface area (Å²) >= 11 is 3.73. The molecule has 0 spiro atoms. The maximum Gasteiger partial charge on any atom is 0.0817 e. The van der Waals surface area contributed by atoms with Crippen molar-refractivity contribution in [3.63, 3.8) is 0 Å². The van der Waals surface area contributed by atoms with Gasteiger partial charge in [0.25, 0.3) is 0 Å². The first-order valence-electron chi connectivity index (χ1n) is 28.0. The standard InChI is InChI=1S/C78H46N2S2/c1-3-23-47(24-4-1)49-27-7-9-29-51(49)53-31-11-13-34-56(53)71-72(61-38-21-43-67-69(61)59-36-16-19-41-65(59)81-67)74(57-35-14-12-32-54(57)52-30-10-8-28-50(52)48-25-5-2-6-26-48)78-76(73(71)62-39-22-44-68-70(62)60-37-17-20-42-66(60)82-68)75-64(80-78)46-45-58-55-33-15-18-40-63(55)79-77(58)75/h1-46H. The normalized spacial score (nSPS) is 12.1. The summed E-state index contributed by atoms with van der Waals surface area (Å²) in [5.41, 5.74) is 22.5. The van der Waals surface area contributed by atoms with Crippen LogP contribution in [0.1, 0.15) is 0 Å². The Morgan fingerprint density at radius 1 is 0.207 bits per heavy atom. The van der Waals surface area contributed by atoms with Crippen molar-refractivity contribution in [2.75, 3.05) is 0 Å². The SMILES string of the molecule is c1ccc(-c2ccccc2-c2ccccc2-c2c3c(c(-c4cccc5sc6ccccc6c45)c(-c4ccccc4-c4ccccc4-c4ccccc4)c2-c2cccc4sc5ccccc5c24)-c2c4c(ccc2=N3)=c2ccccc2=N4)cc1. The molecule has 15 aromatic rings. The van der Waals surface area contributed by atoms with E-state index in [0.717, 1.165) is 105 Å². The smallest absolute Gasteiger partial charge is 0.0817 e. The van der Waals surface area contributed by atoms with E-state index in [4.69, 9.17) is 9.98 Å². The molecule has 0 N–H and O–H groups in total. The summed E-state index contributed by atoms with van der Waals surface area (Å²) in [7, 11) is 0. The van der Waals surface area contributed by atoms with Crippen molar-refractivity contribution < 1.29 is 0 Å². The first-order chi connectivity index (χ1) is 40.7. The van der Waals surface area contributed by atoms with Crippen LogP contribution in [0.3, 0.4) is 0 Å². The van der Waals surface area contributed by atoms with Crippen molar-refractivity contribution in [3.8, 4) is 100 Å². The van der Waals surface area contributed by atoms with E-state index in [1.54, 1.807) is 0 Å². The maximum atomic E-state index is 6.09. The van der Waals surface area contributed by atoms with Crippen molar-refractivity contribution in [1.82, 2.24) is 0 Å². The molecule has 4 heteroatoms. The average Bonchev–Trinajstić information content (AvgIpc) is 4.13. The minimum atomic E-state index is 0.919. The van der Waals surface area contributed by atoms with Crippen LogP contribution >= 0.6 is 22.7 Å². The van der Waals surface area contributed by atoms with E-state index in [2.05, 4.69) is 279 Å². The average molecular weight is 1080 g/mol. The number of fused-ring (bicyclic) bond motifs is 12. The fourth-order valence-electron chi connectivity index (χ4n) is 13.5. The quantitative estimate of drug-likeness (QED) is 0.145. The van der Waals surface area contributed by atoms with E-state index in [1.807, 2.05) is 22.7 Å². The highest BCUT2D eigenvalue weighted by Crippen LogP contribution is 2.62. The van der Waals surface area contributed by atoms with Gasteiger partial charge in [0, 0.05) is 78.6 Å². The molecule has 0 aliphatic carbocycles. The third-order valence-corrected chi connectivity index (χ3v) is 19.2. The molecule has 0 unspecified atom stereocenters. The second-order valence-electron chi connectivity index (χ2n) is 21.3. The molecule has 2 aliphatic rings. The molecule has 13 aromatic carbocycles. The summed E-state index contributed by atoms with van der Waals surface area (Å²) < 4.78 is 5.00. The van der Waals surface area contributed by atoms with Crippen molar-refractivity contribution >= 4 is 74.4 Å². The monoisotopic (exact) mass is 1070 g/mol. The van der Waals surface area contributed by atoms with Crippen molar-refractivity contribution in [2.45, 2.75) is 0 Å². The zero-order chi connectivity index (χ0) is 53.8. The van der Waals surface area contributed by atoms with E-state index >= 15 is 0 Å². The molecule has 4 heterocycles. The van der Waals surface area contributed by atoms with E-state index in [9.17, 15) is 0 Å². The molecule has 2 aliphatic heterocycles. The third-order valence-electron chi connectivity index (χ3n) is 16.9. The Bertz CT molecular complexity index is 5400. The van der Waals surface area contributed by atoms with Gasteiger partial charge < -0.3 is 0 Å².